The number of fused-ring (bicyclic) bond motifs is 1. The van der Waals surface area contributed by atoms with Gasteiger partial charge in [0.15, 0.2) is 5.69 Å². The van der Waals surface area contributed by atoms with Crippen LogP contribution in [0.3, 0.4) is 0 Å². The number of aryl methyl sites for hydroxylation is 1. The van der Waals surface area contributed by atoms with Gasteiger partial charge in [0, 0.05) is 41.5 Å². The van der Waals surface area contributed by atoms with Crippen molar-refractivity contribution in [2.24, 2.45) is 0 Å². The van der Waals surface area contributed by atoms with E-state index in [0.29, 0.717) is 11.6 Å². The molecule has 2 aromatic heterocycles. The molecule has 3 aromatic rings. The van der Waals surface area contributed by atoms with E-state index < -0.39 is 0 Å². The highest BCUT2D eigenvalue weighted by molar-refractivity contribution is 5.94. The molecule has 144 valence electrons. The van der Waals surface area contributed by atoms with Gasteiger partial charge >= 0.3 is 0 Å². The molecular weight excluding hydrogens is 350 g/mol. The van der Waals surface area contributed by atoms with Gasteiger partial charge in [0.25, 0.3) is 5.91 Å². The first-order valence-electron chi connectivity index (χ1n) is 10.3. The monoisotopic (exact) mass is 375 g/mol. The maximum absolute atomic E-state index is 13.0. The fraction of sp³-hybridized carbons (Fsp3) is 0.409. The second-order valence-corrected chi connectivity index (χ2v) is 7.87. The van der Waals surface area contributed by atoms with Gasteiger partial charge in [-0.25, -0.2) is 0 Å². The van der Waals surface area contributed by atoms with Crippen molar-refractivity contribution in [3.8, 4) is 11.1 Å². The lowest BCUT2D eigenvalue weighted by Crippen LogP contribution is -2.38. The summed E-state index contributed by atoms with van der Waals surface area (Å²) < 4.78 is 0. The molecule has 5 rings (SSSR count). The molecule has 1 fully saturated rings. The van der Waals surface area contributed by atoms with Gasteiger partial charge in [0.1, 0.15) is 0 Å². The van der Waals surface area contributed by atoms with E-state index in [1.165, 1.54) is 23.2 Å². The molecule has 0 saturated carbocycles. The summed E-state index contributed by atoms with van der Waals surface area (Å²) in [6, 6.07) is 10.4. The molecule has 0 unspecified atom stereocenters. The zero-order valence-electron chi connectivity index (χ0n) is 15.9. The number of hydrogen-bond acceptors (Lipinski definition) is 3. The van der Waals surface area contributed by atoms with Crippen molar-refractivity contribution in [3.63, 3.8) is 0 Å². The predicted molar refractivity (Wildman–Crippen MR) is 107 cm³/mol. The zero-order valence-corrected chi connectivity index (χ0v) is 15.9. The van der Waals surface area contributed by atoms with Crippen molar-refractivity contribution in [1.29, 1.82) is 0 Å². The third-order valence-corrected chi connectivity index (χ3v) is 6.20. The second-order valence-electron chi connectivity index (χ2n) is 7.87. The van der Waals surface area contributed by atoms with Crippen LogP contribution in [0.1, 0.15) is 59.0 Å². The molecular formula is C22H25N5O. The number of amides is 1. The van der Waals surface area contributed by atoms with Crippen LogP contribution in [0, 0.1) is 0 Å². The predicted octanol–water partition coefficient (Wildman–Crippen LogP) is 3.70. The Morgan fingerprint density at radius 2 is 1.82 bits per heavy atom. The fourth-order valence-corrected chi connectivity index (χ4v) is 4.63. The highest BCUT2D eigenvalue weighted by Crippen LogP contribution is 2.34. The van der Waals surface area contributed by atoms with Crippen LogP contribution in [-0.4, -0.2) is 44.3 Å². The molecule has 2 aliphatic rings. The molecule has 6 heteroatoms. The van der Waals surface area contributed by atoms with Gasteiger partial charge in [-0.2, -0.15) is 10.2 Å². The fourth-order valence-electron chi connectivity index (χ4n) is 4.63. The average molecular weight is 375 g/mol. The summed E-state index contributed by atoms with van der Waals surface area (Å²) in [5, 5.41) is 15.0. The Balaban J connectivity index is 1.29. The van der Waals surface area contributed by atoms with Crippen LogP contribution in [0.2, 0.25) is 0 Å². The average Bonchev–Trinajstić information content (AvgIpc) is 3.41. The minimum Gasteiger partial charge on any atom is -0.337 e. The van der Waals surface area contributed by atoms with Crippen LogP contribution < -0.4 is 0 Å². The summed E-state index contributed by atoms with van der Waals surface area (Å²) in [4.78, 5) is 15.0. The summed E-state index contributed by atoms with van der Waals surface area (Å²) in [6.45, 7) is 1.52. The number of piperidine rings is 1. The smallest absolute Gasteiger partial charge is 0.274 e. The van der Waals surface area contributed by atoms with Crippen LogP contribution in [0.15, 0.2) is 36.5 Å². The number of benzene rings is 1. The molecule has 28 heavy (non-hydrogen) atoms. The van der Waals surface area contributed by atoms with Gasteiger partial charge in [-0.05, 0) is 44.1 Å². The second kappa shape index (κ2) is 7.26. The number of nitrogens with one attached hydrogen (secondary N) is 2. The molecule has 0 atom stereocenters. The summed E-state index contributed by atoms with van der Waals surface area (Å²) in [5.41, 5.74) is 6.52. The Labute approximate surface area is 164 Å². The Morgan fingerprint density at radius 1 is 1.04 bits per heavy atom. The van der Waals surface area contributed by atoms with E-state index in [1.807, 2.05) is 17.2 Å². The molecule has 6 nitrogen and oxygen atoms in total. The Hall–Kier alpha value is -2.89. The van der Waals surface area contributed by atoms with Crippen molar-refractivity contribution in [2.45, 2.75) is 44.4 Å². The molecule has 3 heterocycles. The number of carbonyl (C=O) groups excluding carboxylic acids is 1. The summed E-state index contributed by atoms with van der Waals surface area (Å²) >= 11 is 0. The lowest BCUT2D eigenvalue weighted by molar-refractivity contribution is 0.0705. The number of aromatic amines is 2. The van der Waals surface area contributed by atoms with E-state index in [-0.39, 0.29) is 5.91 Å². The quantitative estimate of drug-likeness (QED) is 0.733. The third kappa shape index (κ3) is 3.03. The number of aromatic nitrogens is 4. The number of rotatable bonds is 3. The Kier molecular flexibility index (Phi) is 4.47. The zero-order chi connectivity index (χ0) is 18.9. The highest BCUT2D eigenvalue weighted by atomic mass is 16.2. The first-order valence-corrected chi connectivity index (χ1v) is 10.3. The normalized spacial score (nSPS) is 17.5. The first kappa shape index (κ1) is 17.2. The van der Waals surface area contributed by atoms with Gasteiger partial charge in [0.2, 0.25) is 0 Å². The standard InChI is InChI=1S/C22H25N5O/c28-22(21-17-8-4-5-9-19(17)24-26-21)27-12-10-16(11-13-27)20-18(14-23-25-20)15-6-2-1-3-7-15/h1-3,6-7,14,16H,4-5,8-13H2,(H,23,25)(H,24,26). The minimum atomic E-state index is 0.0887. The van der Waals surface area contributed by atoms with Crippen molar-refractivity contribution in [3.05, 3.63) is 59.2 Å². The van der Waals surface area contributed by atoms with Gasteiger partial charge < -0.3 is 4.90 Å². The topological polar surface area (TPSA) is 77.7 Å². The highest BCUT2D eigenvalue weighted by Gasteiger charge is 2.30. The van der Waals surface area contributed by atoms with E-state index in [0.717, 1.165) is 56.5 Å². The molecule has 1 saturated heterocycles. The Bertz CT molecular complexity index is 966. The van der Waals surface area contributed by atoms with E-state index in [2.05, 4.69) is 44.7 Å². The third-order valence-electron chi connectivity index (χ3n) is 6.20. The molecule has 2 N–H and O–H groups in total. The van der Waals surface area contributed by atoms with E-state index in [9.17, 15) is 4.79 Å². The summed E-state index contributed by atoms with van der Waals surface area (Å²) in [7, 11) is 0. The molecule has 1 amide bonds. The first-order chi connectivity index (χ1) is 13.8. The lowest BCUT2D eigenvalue weighted by Gasteiger charge is -2.32. The largest absolute Gasteiger partial charge is 0.337 e. The summed E-state index contributed by atoms with van der Waals surface area (Å²) in [5.74, 6) is 0.487. The molecule has 1 aliphatic carbocycles. The van der Waals surface area contributed by atoms with Gasteiger partial charge in [-0.15, -0.1) is 0 Å². The molecule has 0 radical (unpaired) electrons. The Morgan fingerprint density at radius 3 is 2.64 bits per heavy atom. The maximum atomic E-state index is 13.0. The van der Waals surface area contributed by atoms with Gasteiger partial charge in [0.05, 0.1) is 6.20 Å². The number of H-pyrrole nitrogens is 2. The van der Waals surface area contributed by atoms with E-state index in [1.54, 1.807) is 0 Å². The van der Waals surface area contributed by atoms with Crippen LogP contribution in [-0.2, 0) is 12.8 Å². The molecule has 0 bridgehead atoms. The molecule has 0 spiro atoms. The van der Waals surface area contributed by atoms with Crippen LogP contribution in [0.5, 0.6) is 0 Å². The molecule has 1 aromatic carbocycles. The van der Waals surface area contributed by atoms with Gasteiger partial charge in [-0.1, -0.05) is 30.3 Å². The van der Waals surface area contributed by atoms with E-state index >= 15 is 0 Å². The van der Waals surface area contributed by atoms with Crippen LogP contribution >= 0.6 is 0 Å². The SMILES string of the molecule is O=C(c1n[nH]c2c1CCCC2)N1CCC(c2[nH]ncc2-c2ccccc2)CC1. The van der Waals surface area contributed by atoms with Crippen LogP contribution in [0.25, 0.3) is 11.1 Å². The minimum absolute atomic E-state index is 0.0887. The number of likely N-dealkylation sites (tertiary alicyclic amines) is 1. The number of carbonyl (C=O) groups is 1. The van der Waals surface area contributed by atoms with Crippen LogP contribution in [0.4, 0.5) is 0 Å². The van der Waals surface area contributed by atoms with Crippen molar-refractivity contribution < 1.29 is 4.79 Å². The van der Waals surface area contributed by atoms with Crippen molar-refractivity contribution in [1.82, 2.24) is 25.3 Å². The summed E-state index contributed by atoms with van der Waals surface area (Å²) in [6.07, 6.45) is 8.12. The lowest BCUT2D eigenvalue weighted by atomic mass is 9.89. The van der Waals surface area contributed by atoms with E-state index in [4.69, 9.17) is 0 Å². The van der Waals surface area contributed by atoms with Gasteiger partial charge in [-0.3, -0.25) is 15.0 Å². The van der Waals surface area contributed by atoms with Crippen molar-refractivity contribution in [2.75, 3.05) is 13.1 Å². The van der Waals surface area contributed by atoms with Crippen molar-refractivity contribution >= 4 is 5.91 Å². The number of nitrogens with zero attached hydrogens (tertiary/aromatic N) is 3. The number of hydrogen-bond donors (Lipinski definition) is 2. The maximum Gasteiger partial charge on any atom is 0.274 e. The molecule has 1 aliphatic heterocycles.